The minimum atomic E-state index is -0.366. The second-order valence-corrected chi connectivity index (χ2v) is 6.99. The fraction of sp³-hybridized carbons (Fsp3) is 0.571. The summed E-state index contributed by atoms with van der Waals surface area (Å²) in [4.78, 5) is 10.8. The molecule has 0 heterocycles. The minimum absolute atomic E-state index is 0.276. The summed E-state index contributed by atoms with van der Waals surface area (Å²) in [6.07, 6.45) is 0. The SMILES string of the molecule is C=C(C)C(=O)OCC(C)(Br)Br. The van der Waals surface area contributed by atoms with Crippen LogP contribution >= 0.6 is 31.9 Å². The molecule has 0 saturated carbocycles. The molecule has 0 N–H and O–H groups in total. The third kappa shape index (κ3) is 6.56. The molecule has 4 heteroatoms. The molecule has 2 nitrogen and oxygen atoms in total. The maximum Gasteiger partial charge on any atom is 0.333 e. The van der Waals surface area contributed by atoms with Crippen LogP contribution in [0.15, 0.2) is 12.2 Å². The van der Waals surface area contributed by atoms with Crippen LogP contribution in [-0.4, -0.2) is 15.8 Å². The van der Waals surface area contributed by atoms with Gasteiger partial charge in [0.05, 0.1) is 0 Å². The Kier molecular flexibility index (Phi) is 4.32. The second kappa shape index (κ2) is 4.26. The molecule has 0 aliphatic rings. The Bertz CT molecular complexity index is 170. The molecule has 0 atom stereocenters. The highest BCUT2D eigenvalue weighted by Crippen LogP contribution is 2.25. The highest BCUT2D eigenvalue weighted by atomic mass is 79.9. The average Bonchev–Trinajstić information content (AvgIpc) is 1.80. The molecule has 0 unspecified atom stereocenters. The first kappa shape index (κ1) is 11.2. The molecule has 0 aromatic carbocycles. The molecule has 0 aromatic heterocycles. The Morgan fingerprint density at radius 1 is 1.64 bits per heavy atom. The van der Waals surface area contributed by atoms with Gasteiger partial charge in [0.2, 0.25) is 0 Å². The summed E-state index contributed by atoms with van der Waals surface area (Å²) in [7, 11) is 0. The Labute approximate surface area is 83.2 Å². The number of halogens is 2. The van der Waals surface area contributed by atoms with E-state index in [0.717, 1.165) is 0 Å². The summed E-state index contributed by atoms with van der Waals surface area (Å²) >= 11 is 6.53. The normalized spacial score (nSPS) is 10.9. The molecular weight excluding hydrogens is 276 g/mol. The van der Waals surface area contributed by atoms with Crippen molar-refractivity contribution in [2.45, 2.75) is 17.1 Å². The Balaban J connectivity index is 3.73. The summed E-state index contributed by atoms with van der Waals surface area (Å²) in [5.74, 6) is -0.366. The van der Waals surface area contributed by atoms with Gasteiger partial charge in [-0.2, -0.15) is 0 Å². The highest BCUT2D eigenvalue weighted by Gasteiger charge is 2.17. The Morgan fingerprint density at radius 3 is 2.36 bits per heavy atom. The standard InChI is InChI=1S/C7H10Br2O2/c1-5(2)6(10)11-4-7(3,8)9/h1,4H2,2-3H3. The second-order valence-electron chi connectivity index (χ2n) is 2.43. The summed E-state index contributed by atoms with van der Waals surface area (Å²) in [6, 6.07) is 0. The van der Waals surface area contributed by atoms with E-state index in [2.05, 4.69) is 38.4 Å². The van der Waals surface area contributed by atoms with Gasteiger partial charge in [-0.1, -0.05) is 38.4 Å². The highest BCUT2D eigenvalue weighted by molar-refractivity contribution is 9.25. The fourth-order valence-electron chi connectivity index (χ4n) is 0.315. The van der Waals surface area contributed by atoms with E-state index in [1.165, 1.54) is 0 Å². The predicted octanol–water partition coefficient (Wildman–Crippen LogP) is 2.61. The van der Waals surface area contributed by atoms with Crippen LogP contribution in [-0.2, 0) is 9.53 Å². The first-order valence-corrected chi connectivity index (χ1v) is 4.62. The molecule has 0 bridgehead atoms. The van der Waals surface area contributed by atoms with Crippen molar-refractivity contribution in [1.82, 2.24) is 0 Å². The molecular formula is C7H10Br2O2. The van der Waals surface area contributed by atoms with Gasteiger partial charge < -0.3 is 4.74 Å². The average molecular weight is 286 g/mol. The largest absolute Gasteiger partial charge is 0.460 e. The van der Waals surface area contributed by atoms with Crippen LogP contribution in [0.2, 0.25) is 0 Å². The number of carbonyl (C=O) groups is 1. The third-order valence-electron chi connectivity index (χ3n) is 0.805. The molecule has 0 aliphatic carbocycles. The van der Waals surface area contributed by atoms with Crippen LogP contribution in [0.3, 0.4) is 0 Å². The van der Waals surface area contributed by atoms with Crippen molar-refractivity contribution >= 4 is 37.8 Å². The molecule has 0 rings (SSSR count). The molecule has 0 saturated heterocycles. The summed E-state index contributed by atoms with van der Waals surface area (Å²) < 4.78 is 4.49. The van der Waals surface area contributed by atoms with Crippen molar-refractivity contribution in [2.24, 2.45) is 0 Å². The van der Waals surface area contributed by atoms with Crippen LogP contribution in [0.4, 0.5) is 0 Å². The zero-order chi connectivity index (χ0) is 9.07. The van der Waals surface area contributed by atoms with Gasteiger partial charge in [0, 0.05) is 5.57 Å². The van der Waals surface area contributed by atoms with E-state index in [0.29, 0.717) is 5.57 Å². The number of rotatable bonds is 3. The Morgan fingerprint density at radius 2 is 2.09 bits per heavy atom. The van der Waals surface area contributed by atoms with Crippen LogP contribution in [0, 0.1) is 0 Å². The van der Waals surface area contributed by atoms with Crippen LogP contribution in [0.25, 0.3) is 0 Å². The van der Waals surface area contributed by atoms with Crippen molar-refractivity contribution in [3.05, 3.63) is 12.2 Å². The lowest BCUT2D eigenvalue weighted by atomic mass is 10.4. The van der Waals surface area contributed by atoms with Crippen molar-refractivity contribution in [1.29, 1.82) is 0 Å². The van der Waals surface area contributed by atoms with Gasteiger partial charge in [0.1, 0.15) is 9.84 Å². The van der Waals surface area contributed by atoms with Gasteiger partial charge in [0.15, 0.2) is 0 Å². The van der Waals surface area contributed by atoms with Crippen molar-refractivity contribution in [2.75, 3.05) is 6.61 Å². The molecule has 64 valence electrons. The van der Waals surface area contributed by atoms with E-state index < -0.39 is 0 Å². The topological polar surface area (TPSA) is 26.3 Å². The maximum atomic E-state index is 10.8. The van der Waals surface area contributed by atoms with Crippen molar-refractivity contribution in [3.63, 3.8) is 0 Å². The first-order valence-electron chi connectivity index (χ1n) is 3.03. The zero-order valence-electron chi connectivity index (χ0n) is 6.49. The smallest absolute Gasteiger partial charge is 0.333 e. The molecule has 0 radical (unpaired) electrons. The van der Waals surface area contributed by atoms with Gasteiger partial charge in [0.25, 0.3) is 0 Å². The molecule has 0 aromatic rings. The number of hydrogen-bond donors (Lipinski definition) is 0. The first-order chi connectivity index (χ1) is 4.83. The van der Waals surface area contributed by atoms with E-state index in [4.69, 9.17) is 4.74 Å². The number of esters is 1. The Hall–Kier alpha value is 0.170. The van der Waals surface area contributed by atoms with E-state index in [1.807, 2.05) is 6.92 Å². The molecule has 0 fully saturated rings. The lowest BCUT2D eigenvalue weighted by Crippen LogP contribution is -2.18. The molecule has 11 heavy (non-hydrogen) atoms. The summed E-state index contributed by atoms with van der Waals surface area (Å²) in [6.45, 7) is 7.19. The van der Waals surface area contributed by atoms with Crippen molar-refractivity contribution < 1.29 is 9.53 Å². The third-order valence-corrected chi connectivity index (χ3v) is 1.26. The van der Waals surface area contributed by atoms with Gasteiger partial charge >= 0.3 is 5.97 Å². The van der Waals surface area contributed by atoms with E-state index in [1.54, 1.807) is 6.92 Å². The maximum absolute atomic E-state index is 10.8. The van der Waals surface area contributed by atoms with Gasteiger partial charge in [-0.25, -0.2) is 4.79 Å². The number of ether oxygens (including phenoxy) is 1. The van der Waals surface area contributed by atoms with Gasteiger partial charge in [-0.15, -0.1) is 0 Å². The molecule has 0 spiro atoms. The number of alkyl halides is 2. The van der Waals surface area contributed by atoms with Crippen LogP contribution in [0.5, 0.6) is 0 Å². The quantitative estimate of drug-likeness (QED) is 0.453. The van der Waals surface area contributed by atoms with E-state index >= 15 is 0 Å². The van der Waals surface area contributed by atoms with E-state index in [9.17, 15) is 4.79 Å². The minimum Gasteiger partial charge on any atom is -0.460 e. The van der Waals surface area contributed by atoms with E-state index in [-0.39, 0.29) is 15.8 Å². The number of carbonyl (C=O) groups excluding carboxylic acids is 1. The summed E-state index contributed by atoms with van der Waals surface area (Å²) in [5.41, 5.74) is 0.411. The summed E-state index contributed by atoms with van der Waals surface area (Å²) in [5, 5.41) is 0. The van der Waals surface area contributed by atoms with Crippen LogP contribution < -0.4 is 0 Å². The van der Waals surface area contributed by atoms with Crippen LogP contribution in [0.1, 0.15) is 13.8 Å². The fourth-order valence-corrected chi connectivity index (χ4v) is 0.544. The van der Waals surface area contributed by atoms with Crippen molar-refractivity contribution in [3.8, 4) is 0 Å². The lowest BCUT2D eigenvalue weighted by Gasteiger charge is -2.13. The van der Waals surface area contributed by atoms with Gasteiger partial charge in [-0.05, 0) is 13.8 Å². The zero-order valence-corrected chi connectivity index (χ0v) is 9.66. The molecule has 0 aliphatic heterocycles. The number of hydrogen-bond acceptors (Lipinski definition) is 2. The lowest BCUT2D eigenvalue weighted by molar-refractivity contribution is -0.138. The predicted molar refractivity (Wildman–Crippen MR) is 52.0 cm³/mol. The van der Waals surface area contributed by atoms with Gasteiger partial charge in [-0.3, -0.25) is 0 Å². The molecule has 0 amide bonds. The monoisotopic (exact) mass is 284 g/mol.